The van der Waals surface area contributed by atoms with Gasteiger partial charge in [0.1, 0.15) is 0 Å². The largest absolute Gasteiger partial charge is 0.361 e. The van der Waals surface area contributed by atoms with Gasteiger partial charge < -0.3 is 15.6 Å². The van der Waals surface area contributed by atoms with E-state index in [0.29, 0.717) is 11.3 Å². The minimum Gasteiger partial charge on any atom is -0.361 e. The molecule has 1 aromatic heterocycles. The van der Waals surface area contributed by atoms with E-state index < -0.39 is 10.8 Å². The first-order chi connectivity index (χ1) is 13.6. The minimum atomic E-state index is -0.698. The number of halogens is 1. The van der Waals surface area contributed by atoms with Gasteiger partial charge in [-0.15, -0.1) is 24.0 Å². The Morgan fingerprint density at radius 1 is 1.31 bits per heavy atom. The molecule has 1 fully saturated rings. The van der Waals surface area contributed by atoms with E-state index in [1.54, 1.807) is 0 Å². The SMILES string of the molecule is CCNC(=NCCc1c[nH]c2cccc(C)c12)NC1CCCC(S(=O)CC)C1.I. The van der Waals surface area contributed by atoms with Crippen LogP contribution >= 0.6 is 24.0 Å². The first kappa shape index (κ1) is 24.2. The smallest absolute Gasteiger partial charge is 0.191 e. The summed E-state index contributed by atoms with van der Waals surface area (Å²) in [6.45, 7) is 7.86. The van der Waals surface area contributed by atoms with E-state index in [0.717, 1.165) is 56.9 Å². The molecule has 29 heavy (non-hydrogen) atoms. The lowest BCUT2D eigenvalue weighted by molar-refractivity contribution is 0.413. The molecule has 1 saturated carbocycles. The van der Waals surface area contributed by atoms with Gasteiger partial charge in [0.05, 0.1) is 0 Å². The van der Waals surface area contributed by atoms with Crippen molar-refractivity contribution in [1.29, 1.82) is 0 Å². The highest BCUT2D eigenvalue weighted by Gasteiger charge is 2.26. The molecule has 7 heteroatoms. The number of nitrogens with one attached hydrogen (secondary N) is 3. The fourth-order valence-corrected chi connectivity index (χ4v) is 5.55. The van der Waals surface area contributed by atoms with E-state index in [-0.39, 0.29) is 24.0 Å². The van der Waals surface area contributed by atoms with Gasteiger partial charge in [0.2, 0.25) is 0 Å². The Morgan fingerprint density at radius 2 is 2.14 bits per heavy atom. The fourth-order valence-electron chi connectivity index (χ4n) is 4.20. The van der Waals surface area contributed by atoms with Gasteiger partial charge in [-0.1, -0.05) is 25.5 Å². The molecule has 3 rings (SSSR count). The summed E-state index contributed by atoms with van der Waals surface area (Å²) in [5, 5.41) is 8.62. The lowest BCUT2D eigenvalue weighted by Crippen LogP contribution is -2.46. The van der Waals surface area contributed by atoms with Gasteiger partial charge in [-0.2, -0.15) is 0 Å². The summed E-state index contributed by atoms with van der Waals surface area (Å²) in [6, 6.07) is 6.74. The van der Waals surface area contributed by atoms with Crippen LogP contribution in [-0.4, -0.2) is 45.3 Å². The van der Waals surface area contributed by atoms with Crippen LogP contribution < -0.4 is 10.6 Å². The number of aromatic nitrogens is 1. The summed E-state index contributed by atoms with van der Waals surface area (Å²) in [7, 11) is -0.698. The van der Waals surface area contributed by atoms with Crippen LogP contribution in [0.4, 0.5) is 0 Å². The summed E-state index contributed by atoms with van der Waals surface area (Å²) in [5.74, 6) is 1.64. The van der Waals surface area contributed by atoms with Gasteiger partial charge in [0.15, 0.2) is 5.96 Å². The van der Waals surface area contributed by atoms with Crippen LogP contribution in [0, 0.1) is 6.92 Å². The highest BCUT2D eigenvalue weighted by molar-refractivity contribution is 14.0. The first-order valence-corrected chi connectivity index (χ1v) is 12.0. The van der Waals surface area contributed by atoms with E-state index in [9.17, 15) is 4.21 Å². The quantitative estimate of drug-likeness (QED) is 0.285. The highest BCUT2D eigenvalue weighted by atomic mass is 127. The Morgan fingerprint density at radius 3 is 2.90 bits per heavy atom. The number of guanidine groups is 1. The van der Waals surface area contributed by atoms with Crippen molar-refractivity contribution < 1.29 is 4.21 Å². The Labute approximate surface area is 194 Å². The Kier molecular flexibility index (Phi) is 9.95. The molecular formula is C22H35IN4OS. The highest BCUT2D eigenvalue weighted by Crippen LogP contribution is 2.24. The Balaban J connectivity index is 0.00000300. The summed E-state index contributed by atoms with van der Waals surface area (Å²) >= 11 is 0. The number of aliphatic imine (C=N–C) groups is 1. The van der Waals surface area contributed by atoms with Crippen LogP contribution in [0.3, 0.4) is 0 Å². The number of aromatic amines is 1. The minimum absolute atomic E-state index is 0. The van der Waals surface area contributed by atoms with Gasteiger partial charge in [-0.25, -0.2) is 0 Å². The topological polar surface area (TPSA) is 69.3 Å². The molecule has 1 aromatic carbocycles. The first-order valence-electron chi connectivity index (χ1n) is 10.6. The summed E-state index contributed by atoms with van der Waals surface area (Å²) in [5.41, 5.74) is 3.82. The van der Waals surface area contributed by atoms with Crippen molar-refractivity contribution in [3.8, 4) is 0 Å². The number of aryl methyl sites for hydroxylation is 1. The zero-order valence-corrected chi connectivity index (χ0v) is 20.9. The van der Waals surface area contributed by atoms with Crippen molar-refractivity contribution in [1.82, 2.24) is 15.6 Å². The van der Waals surface area contributed by atoms with Crippen molar-refractivity contribution in [3.63, 3.8) is 0 Å². The standard InChI is InChI=1S/C22H34N4OS.HI/c1-4-23-22(26-18-9-7-10-19(14-18)28(27)5-2)24-13-12-17-15-25-20-11-6-8-16(3)21(17)20;/h6,8,11,15,18-19,25H,4-5,7,9-10,12-14H2,1-3H3,(H2,23,24,26);1H. The maximum absolute atomic E-state index is 12.2. The molecule has 0 saturated heterocycles. The molecular weight excluding hydrogens is 495 g/mol. The molecule has 3 atom stereocenters. The lowest BCUT2D eigenvalue weighted by Gasteiger charge is -2.30. The lowest BCUT2D eigenvalue weighted by atomic mass is 9.95. The molecule has 0 radical (unpaired) electrons. The van der Waals surface area contributed by atoms with Gasteiger partial charge in [0, 0.05) is 58.0 Å². The number of hydrogen-bond donors (Lipinski definition) is 3. The third kappa shape index (κ3) is 6.44. The molecule has 0 spiro atoms. The van der Waals surface area contributed by atoms with Crippen LogP contribution in [0.2, 0.25) is 0 Å². The van der Waals surface area contributed by atoms with Crippen LogP contribution in [0.5, 0.6) is 0 Å². The van der Waals surface area contributed by atoms with E-state index >= 15 is 0 Å². The third-order valence-electron chi connectivity index (χ3n) is 5.61. The molecule has 0 amide bonds. The van der Waals surface area contributed by atoms with E-state index in [4.69, 9.17) is 4.99 Å². The number of benzene rings is 1. The normalized spacial score (nSPS) is 20.9. The second-order valence-electron chi connectivity index (χ2n) is 7.62. The van der Waals surface area contributed by atoms with Crippen molar-refractivity contribution >= 4 is 51.6 Å². The summed E-state index contributed by atoms with van der Waals surface area (Å²) < 4.78 is 12.2. The zero-order valence-electron chi connectivity index (χ0n) is 17.8. The maximum atomic E-state index is 12.2. The average molecular weight is 531 g/mol. The number of nitrogens with zero attached hydrogens (tertiary/aromatic N) is 1. The molecule has 1 heterocycles. The summed E-state index contributed by atoms with van der Waals surface area (Å²) in [6.07, 6.45) is 7.36. The maximum Gasteiger partial charge on any atom is 0.191 e. The molecule has 162 valence electrons. The number of fused-ring (bicyclic) bond motifs is 1. The van der Waals surface area contributed by atoms with Crippen molar-refractivity contribution in [2.45, 2.75) is 64.2 Å². The van der Waals surface area contributed by atoms with Crippen molar-refractivity contribution in [3.05, 3.63) is 35.5 Å². The van der Waals surface area contributed by atoms with Crippen LogP contribution in [0.1, 0.15) is 50.7 Å². The monoisotopic (exact) mass is 530 g/mol. The second kappa shape index (κ2) is 11.9. The van der Waals surface area contributed by atoms with Crippen LogP contribution in [0.25, 0.3) is 10.9 Å². The zero-order chi connectivity index (χ0) is 19.9. The van der Waals surface area contributed by atoms with Gasteiger partial charge in [0.25, 0.3) is 0 Å². The Bertz CT molecular complexity index is 835. The Hall–Kier alpha value is -1.09. The number of H-pyrrole nitrogens is 1. The number of hydrogen-bond acceptors (Lipinski definition) is 2. The molecule has 0 bridgehead atoms. The van der Waals surface area contributed by atoms with E-state index in [2.05, 4.69) is 53.9 Å². The molecule has 5 nitrogen and oxygen atoms in total. The molecule has 3 unspecified atom stereocenters. The fraction of sp³-hybridized carbons (Fsp3) is 0.591. The van der Waals surface area contributed by atoms with Crippen molar-refractivity contribution in [2.24, 2.45) is 4.99 Å². The number of rotatable bonds is 7. The predicted octanol–water partition coefficient (Wildman–Crippen LogP) is 4.27. The van der Waals surface area contributed by atoms with E-state index in [1.807, 2.05) is 6.92 Å². The predicted molar refractivity (Wildman–Crippen MR) is 136 cm³/mol. The van der Waals surface area contributed by atoms with E-state index in [1.165, 1.54) is 22.0 Å². The second-order valence-corrected chi connectivity index (χ2v) is 9.63. The molecule has 3 N–H and O–H groups in total. The third-order valence-corrected chi connectivity index (χ3v) is 7.36. The van der Waals surface area contributed by atoms with Gasteiger partial charge >= 0.3 is 0 Å². The molecule has 0 aliphatic heterocycles. The van der Waals surface area contributed by atoms with Crippen LogP contribution in [0.15, 0.2) is 29.4 Å². The average Bonchev–Trinajstić information content (AvgIpc) is 3.12. The van der Waals surface area contributed by atoms with Gasteiger partial charge in [-0.3, -0.25) is 9.20 Å². The van der Waals surface area contributed by atoms with Crippen molar-refractivity contribution in [2.75, 3.05) is 18.8 Å². The van der Waals surface area contributed by atoms with Gasteiger partial charge in [-0.05, 0) is 56.7 Å². The molecule has 2 aromatic rings. The molecule has 1 aliphatic carbocycles. The van der Waals surface area contributed by atoms with Crippen LogP contribution in [-0.2, 0) is 17.2 Å². The molecule has 1 aliphatic rings. The summed E-state index contributed by atoms with van der Waals surface area (Å²) in [4.78, 5) is 8.18.